The van der Waals surface area contributed by atoms with Gasteiger partial charge in [-0.2, -0.15) is 0 Å². The minimum Gasteiger partial charge on any atom is -0.472 e. The zero-order chi connectivity index (χ0) is 15.5. The van der Waals surface area contributed by atoms with Gasteiger partial charge in [0.25, 0.3) is 5.91 Å². The summed E-state index contributed by atoms with van der Waals surface area (Å²) in [5.74, 6) is -0.406. The predicted octanol–water partition coefficient (Wildman–Crippen LogP) is 1.14. The largest absolute Gasteiger partial charge is 0.472 e. The van der Waals surface area contributed by atoms with E-state index in [0.717, 1.165) is 25.9 Å². The Hall–Kier alpha value is -1.82. The number of hydrogen-bond acceptors (Lipinski definition) is 4. The highest BCUT2D eigenvalue weighted by Gasteiger charge is 2.36. The van der Waals surface area contributed by atoms with Crippen LogP contribution in [0.3, 0.4) is 0 Å². The first-order chi connectivity index (χ1) is 10.6. The summed E-state index contributed by atoms with van der Waals surface area (Å²) in [6.45, 7) is 3.91. The van der Waals surface area contributed by atoms with Gasteiger partial charge in [-0.05, 0) is 38.8 Å². The summed E-state index contributed by atoms with van der Waals surface area (Å²) in [7, 11) is 0. The summed E-state index contributed by atoms with van der Waals surface area (Å²) in [5.41, 5.74) is 0.430. The molecule has 2 aliphatic heterocycles. The lowest BCUT2D eigenvalue weighted by atomic mass is 9.99. The van der Waals surface area contributed by atoms with Crippen LogP contribution in [-0.2, 0) is 4.79 Å². The molecule has 2 fully saturated rings. The SMILES string of the molecule is CC(NC(=O)c1ccoc1)C(=O)NC1CCN2CCCCC12. The molecule has 2 N–H and O–H groups in total. The van der Waals surface area contributed by atoms with Gasteiger partial charge in [-0.25, -0.2) is 0 Å². The van der Waals surface area contributed by atoms with Gasteiger partial charge in [0.15, 0.2) is 0 Å². The summed E-state index contributed by atoms with van der Waals surface area (Å²) >= 11 is 0. The van der Waals surface area contributed by atoms with Crippen LogP contribution in [0.1, 0.15) is 43.0 Å². The topological polar surface area (TPSA) is 74.6 Å². The van der Waals surface area contributed by atoms with Crippen LogP contribution in [0.4, 0.5) is 0 Å². The fraction of sp³-hybridized carbons (Fsp3) is 0.625. The van der Waals surface area contributed by atoms with Crippen molar-refractivity contribution in [2.24, 2.45) is 0 Å². The normalized spacial score (nSPS) is 26.2. The molecule has 6 nitrogen and oxygen atoms in total. The molecule has 0 aliphatic carbocycles. The molecule has 3 rings (SSSR count). The van der Waals surface area contributed by atoms with Crippen LogP contribution in [0.15, 0.2) is 23.0 Å². The molecule has 3 atom stereocenters. The molecule has 1 aromatic heterocycles. The highest BCUT2D eigenvalue weighted by molar-refractivity contribution is 5.97. The van der Waals surface area contributed by atoms with E-state index in [9.17, 15) is 9.59 Å². The zero-order valence-electron chi connectivity index (χ0n) is 12.9. The van der Waals surface area contributed by atoms with Gasteiger partial charge in [-0.3, -0.25) is 14.5 Å². The van der Waals surface area contributed by atoms with Crippen LogP contribution in [0.25, 0.3) is 0 Å². The van der Waals surface area contributed by atoms with Crippen molar-refractivity contribution in [2.45, 2.75) is 50.7 Å². The number of fused-ring (bicyclic) bond motifs is 1. The third kappa shape index (κ3) is 3.16. The van der Waals surface area contributed by atoms with E-state index in [2.05, 4.69) is 15.5 Å². The molecule has 0 aromatic carbocycles. The van der Waals surface area contributed by atoms with Gasteiger partial charge < -0.3 is 15.1 Å². The quantitative estimate of drug-likeness (QED) is 0.875. The van der Waals surface area contributed by atoms with E-state index < -0.39 is 6.04 Å². The number of furan rings is 1. The zero-order valence-corrected chi connectivity index (χ0v) is 12.9. The molecule has 6 heteroatoms. The lowest BCUT2D eigenvalue weighted by Gasteiger charge is -2.33. The molecule has 22 heavy (non-hydrogen) atoms. The highest BCUT2D eigenvalue weighted by Crippen LogP contribution is 2.27. The van der Waals surface area contributed by atoms with Gasteiger partial charge in [0, 0.05) is 18.6 Å². The van der Waals surface area contributed by atoms with Gasteiger partial charge in [-0.1, -0.05) is 6.42 Å². The Morgan fingerprint density at radius 3 is 2.95 bits per heavy atom. The predicted molar refractivity (Wildman–Crippen MR) is 81.4 cm³/mol. The Morgan fingerprint density at radius 1 is 1.32 bits per heavy atom. The van der Waals surface area contributed by atoms with Crippen LogP contribution in [0.2, 0.25) is 0 Å². The van der Waals surface area contributed by atoms with E-state index in [1.54, 1.807) is 13.0 Å². The molecule has 0 saturated carbocycles. The van der Waals surface area contributed by atoms with E-state index in [1.807, 2.05) is 0 Å². The summed E-state index contributed by atoms with van der Waals surface area (Å²) in [4.78, 5) is 26.7. The van der Waals surface area contributed by atoms with E-state index in [1.165, 1.54) is 25.4 Å². The summed E-state index contributed by atoms with van der Waals surface area (Å²) in [6, 6.07) is 1.70. The lowest BCUT2D eigenvalue weighted by molar-refractivity contribution is -0.123. The van der Waals surface area contributed by atoms with Crippen molar-refractivity contribution >= 4 is 11.8 Å². The number of hydrogen-bond donors (Lipinski definition) is 2. The Bertz CT molecular complexity index is 529. The second-order valence-corrected chi connectivity index (χ2v) is 6.21. The Morgan fingerprint density at radius 2 is 2.18 bits per heavy atom. The minimum absolute atomic E-state index is 0.116. The molecular formula is C16H23N3O3. The number of rotatable bonds is 4. The van der Waals surface area contributed by atoms with Crippen molar-refractivity contribution in [1.82, 2.24) is 15.5 Å². The summed E-state index contributed by atoms with van der Waals surface area (Å²) in [5, 5.41) is 5.81. The molecule has 0 radical (unpaired) electrons. The maximum atomic E-state index is 12.3. The van der Waals surface area contributed by atoms with Gasteiger partial charge >= 0.3 is 0 Å². The molecule has 120 valence electrons. The fourth-order valence-corrected chi connectivity index (χ4v) is 3.46. The van der Waals surface area contributed by atoms with Gasteiger partial charge in [0.2, 0.25) is 5.91 Å². The van der Waals surface area contributed by atoms with Crippen molar-refractivity contribution in [2.75, 3.05) is 13.1 Å². The van der Waals surface area contributed by atoms with Crippen molar-refractivity contribution in [1.29, 1.82) is 0 Å². The number of carbonyl (C=O) groups excluding carboxylic acids is 2. The van der Waals surface area contributed by atoms with Crippen LogP contribution in [-0.4, -0.2) is 47.9 Å². The van der Waals surface area contributed by atoms with E-state index >= 15 is 0 Å². The Labute approximate surface area is 130 Å². The fourth-order valence-electron chi connectivity index (χ4n) is 3.46. The first-order valence-electron chi connectivity index (χ1n) is 8.02. The van der Waals surface area contributed by atoms with Gasteiger partial charge in [0.05, 0.1) is 11.8 Å². The number of amides is 2. The number of nitrogens with zero attached hydrogens (tertiary/aromatic N) is 1. The standard InChI is InChI=1S/C16H23N3O3/c1-11(17-16(21)12-6-9-22-10-12)15(20)18-13-5-8-19-7-3-2-4-14(13)19/h6,9-11,13-14H,2-5,7-8H2,1H3,(H,17,21)(H,18,20). The average molecular weight is 305 g/mol. The smallest absolute Gasteiger partial charge is 0.255 e. The van der Waals surface area contributed by atoms with Crippen molar-refractivity contribution in [3.63, 3.8) is 0 Å². The highest BCUT2D eigenvalue weighted by atomic mass is 16.3. The van der Waals surface area contributed by atoms with E-state index in [4.69, 9.17) is 4.42 Å². The maximum Gasteiger partial charge on any atom is 0.255 e. The second-order valence-electron chi connectivity index (χ2n) is 6.21. The third-order valence-electron chi connectivity index (χ3n) is 4.71. The van der Waals surface area contributed by atoms with Crippen molar-refractivity contribution in [3.8, 4) is 0 Å². The Balaban J connectivity index is 1.52. The molecule has 0 bridgehead atoms. The summed E-state index contributed by atoms with van der Waals surface area (Å²) < 4.78 is 4.88. The molecule has 2 amide bonds. The molecule has 3 heterocycles. The molecule has 2 aliphatic rings. The molecular weight excluding hydrogens is 282 g/mol. The van der Waals surface area contributed by atoms with E-state index in [0.29, 0.717) is 11.6 Å². The lowest BCUT2D eigenvalue weighted by Crippen LogP contribution is -2.52. The Kier molecular flexibility index (Phi) is 4.47. The number of nitrogens with one attached hydrogen (secondary N) is 2. The minimum atomic E-state index is -0.556. The molecule has 1 aromatic rings. The van der Waals surface area contributed by atoms with Crippen LogP contribution >= 0.6 is 0 Å². The molecule has 3 unspecified atom stereocenters. The summed E-state index contributed by atoms with van der Waals surface area (Å²) in [6.07, 6.45) is 7.46. The number of piperidine rings is 1. The first kappa shape index (κ1) is 15.1. The van der Waals surface area contributed by atoms with Crippen LogP contribution in [0.5, 0.6) is 0 Å². The number of carbonyl (C=O) groups is 2. The molecule has 0 spiro atoms. The maximum absolute atomic E-state index is 12.3. The second kappa shape index (κ2) is 6.52. The average Bonchev–Trinajstić information content (AvgIpc) is 3.17. The first-order valence-corrected chi connectivity index (χ1v) is 8.02. The van der Waals surface area contributed by atoms with Crippen molar-refractivity contribution < 1.29 is 14.0 Å². The van der Waals surface area contributed by atoms with Gasteiger partial charge in [0.1, 0.15) is 12.3 Å². The van der Waals surface area contributed by atoms with Gasteiger partial charge in [-0.15, -0.1) is 0 Å². The van der Waals surface area contributed by atoms with E-state index in [-0.39, 0.29) is 17.9 Å². The van der Waals surface area contributed by atoms with Crippen LogP contribution in [0, 0.1) is 0 Å². The van der Waals surface area contributed by atoms with Crippen molar-refractivity contribution in [3.05, 3.63) is 24.2 Å². The molecule has 2 saturated heterocycles. The monoisotopic (exact) mass is 305 g/mol. The third-order valence-corrected chi connectivity index (χ3v) is 4.71. The van der Waals surface area contributed by atoms with Crippen LogP contribution < -0.4 is 10.6 Å².